The molecule has 1 aliphatic rings. The molecular formula is C13H15NO3. The van der Waals surface area contributed by atoms with Crippen LogP contribution in [-0.4, -0.2) is 24.9 Å². The van der Waals surface area contributed by atoms with Crippen molar-refractivity contribution in [1.82, 2.24) is 0 Å². The Kier molecular flexibility index (Phi) is 3.54. The van der Waals surface area contributed by atoms with Crippen molar-refractivity contribution in [2.24, 2.45) is 5.92 Å². The maximum atomic E-state index is 11.9. The summed E-state index contributed by atoms with van der Waals surface area (Å²) in [5, 5.41) is 2.81. The Bertz CT molecular complexity index is 430. The molecule has 1 aliphatic heterocycles. The zero-order valence-corrected chi connectivity index (χ0v) is 9.68. The Hall–Kier alpha value is -1.68. The van der Waals surface area contributed by atoms with Crippen LogP contribution >= 0.6 is 0 Å². The molecule has 1 heterocycles. The van der Waals surface area contributed by atoms with Crippen molar-refractivity contribution in [2.75, 3.05) is 11.9 Å². The van der Waals surface area contributed by atoms with Gasteiger partial charge in [-0.05, 0) is 25.5 Å². The lowest BCUT2D eigenvalue weighted by molar-refractivity contribution is -0.121. The van der Waals surface area contributed by atoms with Crippen molar-refractivity contribution in [3.8, 4) is 0 Å². The first-order valence-electron chi connectivity index (χ1n) is 5.68. The molecule has 1 fully saturated rings. The predicted molar refractivity (Wildman–Crippen MR) is 64.0 cm³/mol. The van der Waals surface area contributed by atoms with Crippen molar-refractivity contribution >= 4 is 17.9 Å². The third-order valence-electron chi connectivity index (χ3n) is 3.00. The van der Waals surface area contributed by atoms with Crippen LogP contribution in [0.25, 0.3) is 0 Å². The third-order valence-corrected chi connectivity index (χ3v) is 3.00. The van der Waals surface area contributed by atoms with Crippen LogP contribution in [-0.2, 0) is 9.53 Å². The molecule has 90 valence electrons. The zero-order valence-electron chi connectivity index (χ0n) is 9.68. The summed E-state index contributed by atoms with van der Waals surface area (Å²) >= 11 is 0. The predicted octanol–water partition coefficient (Wildman–Crippen LogP) is 1.86. The van der Waals surface area contributed by atoms with Crippen molar-refractivity contribution in [3.05, 3.63) is 29.8 Å². The van der Waals surface area contributed by atoms with Crippen LogP contribution in [0, 0.1) is 5.92 Å². The number of benzene rings is 1. The molecule has 4 nitrogen and oxygen atoms in total. The summed E-state index contributed by atoms with van der Waals surface area (Å²) in [6, 6.07) is 6.87. The highest BCUT2D eigenvalue weighted by Gasteiger charge is 2.30. The fraction of sp³-hybridized carbons (Fsp3) is 0.385. The minimum absolute atomic E-state index is 0.0377. The van der Waals surface area contributed by atoms with Crippen molar-refractivity contribution in [1.29, 1.82) is 0 Å². The minimum Gasteiger partial charge on any atom is -0.378 e. The number of rotatable bonds is 3. The molecule has 1 amide bonds. The van der Waals surface area contributed by atoms with E-state index in [1.54, 1.807) is 24.3 Å². The molecule has 2 rings (SSSR count). The van der Waals surface area contributed by atoms with Gasteiger partial charge in [0.15, 0.2) is 0 Å². The van der Waals surface area contributed by atoms with Crippen LogP contribution in [0.1, 0.15) is 23.7 Å². The number of hydrogen-bond acceptors (Lipinski definition) is 3. The molecule has 1 aromatic carbocycles. The highest BCUT2D eigenvalue weighted by molar-refractivity contribution is 5.93. The van der Waals surface area contributed by atoms with Crippen molar-refractivity contribution in [3.63, 3.8) is 0 Å². The molecule has 1 saturated heterocycles. The Labute approximate surface area is 100.0 Å². The minimum atomic E-state index is -0.102. The van der Waals surface area contributed by atoms with E-state index in [1.165, 1.54) is 0 Å². The lowest BCUT2D eigenvalue weighted by Gasteiger charge is -2.14. The molecule has 0 bridgehead atoms. The van der Waals surface area contributed by atoms with Gasteiger partial charge in [0.25, 0.3) is 0 Å². The molecule has 2 atom stereocenters. The fourth-order valence-corrected chi connectivity index (χ4v) is 2.00. The van der Waals surface area contributed by atoms with Crippen LogP contribution in [0.15, 0.2) is 24.3 Å². The molecule has 0 radical (unpaired) electrons. The zero-order chi connectivity index (χ0) is 12.3. The van der Waals surface area contributed by atoms with Gasteiger partial charge in [0.05, 0.1) is 12.0 Å². The van der Waals surface area contributed by atoms with Gasteiger partial charge in [-0.1, -0.05) is 12.1 Å². The summed E-state index contributed by atoms with van der Waals surface area (Å²) in [5.74, 6) is -0.145. The van der Waals surface area contributed by atoms with Gasteiger partial charge in [-0.2, -0.15) is 0 Å². The molecule has 1 N–H and O–H groups in total. The number of anilines is 1. The average molecular weight is 233 g/mol. The average Bonchev–Trinajstić information content (AvgIpc) is 2.76. The molecule has 0 aromatic heterocycles. The number of nitrogens with one attached hydrogen (secondary N) is 1. The summed E-state index contributed by atoms with van der Waals surface area (Å²) in [6.45, 7) is 2.53. The fourth-order valence-electron chi connectivity index (χ4n) is 2.00. The van der Waals surface area contributed by atoms with Crippen LogP contribution in [0.4, 0.5) is 5.69 Å². The maximum absolute atomic E-state index is 11.9. The normalized spacial score (nSPS) is 23.4. The summed E-state index contributed by atoms with van der Waals surface area (Å²) < 4.78 is 5.35. The Balaban J connectivity index is 2.04. The SMILES string of the molecule is CC1OCCC1C(=O)Nc1cccc(C=O)c1. The number of amides is 1. The Morgan fingerprint density at radius 3 is 3.00 bits per heavy atom. The van der Waals surface area contributed by atoms with Gasteiger partial charge in [-0.3, -0.25) is 9.59 Å². The van der Waals surface area contributed by atoms with Crippen LogP contribution < -0.4 is 5.32 Å². The molecule has 4 heteroatoms. The second-order valence-electron chi connectivity index (χ2n) is 4.20. The van der Waals surface area contributed by atoms with E-state index in [0.717, 1.165) is 12.7 Å². The highest BCUT2D eigenvalue weighted by atomic mass is 16.5. The first kappa shape index (κ1) is 11.8. The number of carbonyl (C=O) groups is 2. The van der Waals surface area contributed by atoms with E-state index < -0.39 is 0 Å². The number of ether oxygens (including phenoxy) is 1. The van der Waals surface area contributed by atoms with E-state index in [9.17, 15) is 9.59 Å². The second kappa shape index (κ2) is 5.10. The molecule has 17 heavy (non-hydrogen) atoms. The van der Waals surface area contributed by atoms with E-state index in [4.69, 9.17) is 4.74 Å². The van der Waals surface area contributed by atoms with Gasteiger partial charge < -0.3 is 10.1 Å². The standard InChI is InChI=1S/C13H15NO3/c1-9-12(5-6-17-9)13(16)14-11-4-2-3-10(7-11)8-15/h2-4,7-9,12H,5-6H2,1H3,(H,14,16). The van der Waals surface area contributed by atoms with Gasteiger partial charge in [0.1, 0.15) is 6.29 Å². The number of carbonyl (C=O) groups excluding carboxylic acids is 2. The van der Waals surface area contributed by atoms with Gasteiger partial charge in [-0.15, -0.1) is 0 Å². The van der Waals surface area contributed by atoms with E-state index in [-0.39, 0.29) is 17.9 Å². The number of hydrogen-bond donors (Lipinski definition) is 1. The molecule has 1 aromatic rings. The first-order chi connectivity index (χ1) is 8.20. The van der Waals surface area contributed by atoms with Crippen LogP contribution in [0.3, 0.4) is 0 Å². The summed E-state index contributed by atoms with van der Waals surface area (Å²) in [5.41, 5.74) is 1.21. The molecule has 0 saturated carbocycles. The van der Waals surface area contributed by atoms with E-state index in [2.05, 4.69) is 5.32 Å². The van der Waals surface area contributed by atoms with E-state index >= 15 is 0 Å². The van der Waals surface area contributed by atoms with Gasteiger partial charge in [0, 0.05) is 17.9 Å². The number of aldehydes is 1. The monoisotopic (exact) mass is 233 g/mol. The quantitative estimate of drug-likeness (QED) is 0.811. The van der Waals surface area contributed by atoms with Gasteiger partial charge in [-0.25, -0.2) is 0 Å². The second-order valence-corrected chi connectivity index (χ2v) is 4.20. The summed E-state index contributed by atoms with van der Waals surface area (Å²) in [4.78, 5) is 22.6. The van der Waals surface area contributed by atoms with Crippen LogP contribution in [0.5, 0.6) is 0 Å². The van der Waals surface area contributed by atoms with Crippen LogP contribution in [0.2, 0.25) is 0 Å². The van der Waals surface area contributed by atoms with Crippen molar-refractivity contribution in [2.45, 2.75) is 19.4 Å². The van der Waals surface area contributed by atoms with Crippen molar-refractivity contribution < 1.29 is 14.3 Å². The largest absolute Gasteiger partial charge is 0.378 e. The maximum Gasteiger partial charge on any atom is 0.230 e. The van der Waals surface area contributed by atoms with Gasteiger partial charge in [0.2, 0.25) is 5.91 Å². The highest BCUT2D eigenvalue weighted by Crippen LogP contribution is 2.22. The van der Waals surface area contributed by atoms with E-state index in [0.29, 0.717) is 17.9 Å². The molecule has 2 unspecified atom stereocenters. The summed E-state index contributed by atoms with van der Waals surface area (Å²) in [6.07, 6.45) is 1.47. The third kappa shape index (κ3) is 2.71. The Morgan fingerprint density at radius 1 is 1.53 bits per heavy atom. The smallest absolute Gasteiger partial charge is 0.230 e. The molecule has 0 aliphatic carbocycles. The summed E-state index contributed by atoms with van der Waals surface area (Å²) in [7, 11) is 0. The molecule has 0 spiro atoms. The molecular weight excluding hydrogens is 218 g/mol. The lowest BCUT2D eigenvalue weighted by atomic mass is 10.0. The first-order valence-corrected chi connectivity index (χ1v) is 5.68. The van der Waals surface area contributed by atoms with Gasteiger partial charge >= 0.3 is 0 Å². The lowest BCUT2D eigenvalue weighted by Crippen LogP contribution is -2.27. The topological polar surface area (TPSA) is 55.4 Å². The Morgan fingerprint density at radius 2 is 2.35 bits per heavy atom. The van der Waals surface area contributed by atoms with E-state index in [1.807, 2.05) is 6.92 Å².